The van der Waals surface area contributed by atoms with Gasteiger partial charge in [0, 0.05) is 5.56 Å². The summed E-state index contributed by atoms with van der Waals surface area (Å²) in [5.74, 6) is 1.14. The van der Waals surface area contributed by atoms with Crippen LogP contribution >= 0.6 is 0 Å². The third kappa shape index (κ3) is 5.13. The van der Waals surface area contributed by atoms with Crippen molar-refractivity contribution in [1.29, 1.82) is 0 Å². The summed E-state index contributed by atoms with van der Waals surface area (Å²) in [6, 6.07) is 13.8. The van der Waals surface area contributed by atoms with Crippen LogP contribution in [0.15, 0.2) is 42.5 Å². The van der Waals surface area contributed by atoms with E-state index in [0.717, 1.165) is 22.4 Å². The summed E-state index contributed by atoms with van der Waals surface area (Å²) in [4.78, 5) is 13.3. The van der Waals surface area contributed by atoms with Crippen LogP contribution in [0.4, 0.5) is 0 Å². The normalized spacial score (nSPS) is 10.6. The van der Waals surface area contributed by atoms with Crippen LogP contribution in [0.3, 0.4) is 0 Å². The second-order valence-electron chi connectivity index (χ2n) is 6.48. The highest BCUT2D eigenvalue weighted by Gasteiger charge is 2.09. The number of nitrogens with zero attached hydrogens (tertiary/aromatic N) is 4. The fraction of sp³-hybridized carbons (Fsp3) is 0.300. The first-order chi connectivity index (χ1) is 13.0. The van der Waals surface area contributed by atoms with Crippen molar-refractivity contribution in [1.82, 2.24) is 25.5 Å². The van der Waals surface area contributed by atoms with E-state index < -0.39 is 0 Å². The summed E-state index contributed by atoms with van der Waals surface area (Å²) in [6.07, 6.45) is 0. The summed E-state index contributed by atoms with van der Waals surface area (Å²) in [5, 5.41) is 15.0. The van der Waals surface area contributed by atoms with Crippen LogP contribution in [0.5, 0.6) is 5.75 Å². The van der Waals surface area contributed by atoms with Crippen LogP contribution in [-0.2, 0) is 11.3 Å². The van der Waals surface area contributed by atoms with E-state index in [4.69, 9.17) is 4.74 Å². The molecule has 3 aromatic rings. The Morgan fingerprint density at radius 1 is 1.07 bits per heavy atom. The van der Waals surface area contributed by atoms with Crippen molar-refractivity contribution in [2.45, 2.75) is 27.3 Å². The predicted molar refractivity (Wildman–Crippen MR) is 102 cm³/mol. The molecule has 0 fully saturated rings. The van der Waals surface area contributed by atoms with E-state index in [0.29, 0.717) is 19.0 Å². The van der Waals surface area contributed by atoms with Crippen LogP contribution in [0, 0.1) is 20.8 Å². The molecule has 27 heavy (non-hydrogen) atoms. The first-order valence-electron chi connectivity index (χ1n) is 8.83. The molecule has 0 spiro atoms. The number of carbonyl (C=O) groups is 1. The third-order valence-electron chi connectivity index (χ3n) is 4.06. The van der Waals surface area contributed by atoms with Crippen LogP contribution in [0.25, 0.3) is 11.4 Å². The average molecular weight is 365 g/mol. The number of ether oxygens (including phenoxy) is 1. The Balaban J connectivity index is 1.45. The number of tetrazole rings is 1. The van der Waals surface area contributed by atoms with Gasteiger partial charge in [-0.2, -0.15) is 4.80 Å². The standard InChI is InChI=1S/C20H23N5O2/c1-14-4-7-17(8-5-14)20-22-24-25(23-20)13-19(26)21-10-11-27-18-9-6-15(2)12-16(18)3/h4-9,12H,10-11,13H2,1-3H3,(H,21,26). The minimum absolute atomic E-state index is 0.0163. The van der Waals surface area contributed by atoms with Gasteiger partial charge >= 0.3 is 0 Å². The molecule has 0 saturated carbocycles. The predicted octanol–water partition coefficient (Wildman–Crippen LogP) is 2.46. The lowest BCUT2D eigenvalue weighted by molar-refractivity contribution is -0.122. The molecule has 0 bridgehead atoms. The molecule has 0 radical (unpaired) electrons. The first-order valence-corrected chi connectivity index (χ1v) is 8.83. The maximum absolute atomic E-state index is 12.0. The van der Waals surface area contributed by atoms with Gasteiger partial charge in [-0.3, -0.25) is 4.79 Å². The van der Waals surface area contributed by atoms with Crippen molar-refractivity contribution in [3.63, 3.8) is 0 Å². The summed E-state index contributed by atoms with van der Waals surface area (Å²) in [6.45, 7) is 6.88. The summed E-state index contributed by atoms with van der Waals surface area (Å²) in [5.41, 5.74) is 4.30. The Kier molecular flexibility index (Phi) is 5.80. The molecule has 1 aromatic heterocycles. The molecule has 0 aliphatic carbocycles. The topological polar surface area (TPSA) is 81.9 Å². The number of carbonyl (C=O) groups excluding carboxylic acids is 1. The molecule has 0 atom stereocenters. The van der Waals surface area contributed by atoms with E-state index in [1.54, 1.807) is 0 Å². The molecule has 2 aromatic carbocycles. The number of hydrogen-bond acceptors (Lipinski definition) is 5. The van der Waals surface area contributed by atoms with Crippen LogP contribution in [0.1, 0.15) is 16.7 Å². The van der Waals surface area contributed by atoms with Crippen molar-refractivity contribution in [2.75, 3.05) is 13.2 Å². The number of nitrogens with one attached hydrogen (secondary N) is 1. The fourth-order valence-corrected chi connectivity index (χ4v) is 2.63. The number of aromatic nitrogens is 4. The minimum Gasteiger partial charge on any atom is -0.491 e. The Hall–Kier alpha value is -3.22. The van der Waals surface area contributed by atoms with Crippen LogP contribution in [-0.4, -0.2) is 39.3 Å². The van der Waals surface area contributed by atoms with E-state index >= 15 is 0 Å². The van der Waals surface area contributed by atoms with Gasteiger partial charge in [0.25, 0.3) is 0 Å². The molecule has 0 saturated heterocycles. The second kappa shape index (κ2) is 8.44. The maximum Gasteiger partial charge on any atom is 0.243 e. The highest BCUT2D eigenvalue weighted by molar-refractivity contribution is 5.75. The molecule has 1 amide bonds. The zero-order valence-electron chi connectivity index (χ0n) is 15.8. The monoisotopic (exact) mass is 365 g/mol. The Bertz CT molecular complexity index is 918. The number of amides is 1. The van der Waals surface area contributed by atoms with Crippen LogP contribution < -0.4 is 10.1 Å². The van der Waals surface area contributed by atoms with E-state index in [1.165, 1.54) is 10.4 Å². The zero-order chi connectivity index (χ0) is 19.2. The number of hydrogen-bond donors (Lipinski definition) is 1. The molecule has 7 heteroatoms. The van der Waals surface area contributed by atoms with Gasteiger partial charge in [0.15, 0.2) is 0 Å². The molecular weight excluding hydrogens is 342 g/mol. The van der Waals surface area contributed by atoms with Gasteiger partial charge in [0.2, 0.25) is 11.7 Å². The largest absolute Gasteiger partial charge is 0.491 e. The van der Waals surface area contributed by atoms with E-state index in [9.17, 15) is 4.79 Å². The molecular formula is C20H23N5O2. The highest BCUT2D eigenvalue weighted by atomic mass is 16.5. The maximum atomic E-state index is 12.0. The molecule has 7 nitrogen and oxygen atoms in total. The lowest BCUT2D eigenvalue weighted by Crippen LogP contribution is -2.31. The molecule has 0 aliphatic rings. The Morgan fingerprint density at radius 3 is 2.56 bits per heavy atom. The first kappa shape index (κ1) is 18.6. The SMILES string of the molecule is Cc1ccc(-c2nnn(CC(=O)NCCOc3ccc(C)cc3C)n2)cc1. The van der Waals surface area contributed by atoms with Crippen LogP contribution in [0.2, 0.25) is 0 Å². The Labute approximate surface area is 158 Å². The van der Waals surface area contributed by atoms with Crippen molar-refractivity contribution in [3.8, 4) is 17.1 Å². The quantitative estimate of drug-likeness (QED) is 0.651. The van der Waals surface area contributed by atoms with Gasteiger partial charge in [-0.25, -0.2) is 0 Å². The lowest BCUT2D eigenvalue weighted by atomic mass is 10.1. The van der Waals surface area contributed by atoms with Crippen molar-refractivity contribution in [2.24, 2.45) is 0 Å². The van der Waals surface area contributed by atoms with E-state index in [1.807, 2.05) is 57.2 Å². The van der Waals surface area contributed by atoms with Gasteiger partial charge in [0.05, 0.1) is 6.54 Å². The fourth-order valence-electron chi connectivity index (χ4n) is 2.63. The van der Waals surface area contributed by atoms with E-state index in [2.05, 4.69) is 26.8 Å². The molecule has 1 N–H and O–H groups in total. The van der Waals surface area contributed by atoms with Crippen molar-refractivity contribution < 1.29 is 9.53 Å². The smallest absolute Gasteiger partial charge is 0.243 e. The average Bonchev–Trinajstić information content (AvgIpc) is 3.09. The van der Waals surface area contributed by atoms with Gasteiger partial charge in [-0.1, -0.05) is 47.5 Å². The van der Waals surface area contributed by atoms with Gasteiger partial charge in [-0.05, 0) is 37.6 Å². The summed E-state index contributed by atoms with van der Waals surface area (Å²) < 4.78 is 5.70. The molecule has 3 rings (SSSR count). The van der Waals surface area contributed by atoms with Crippen molar-refractivity contribution >= 4 is 5.91 Å². The van der Waals surface area contributed by atoms with E-state index in [-0.39, 0.29) is 12.5 Å². The molecule has 140 valence electrons. The molecule has 0 aliphatic heterocycles. The minimum atomic E-state index is -0.188. The van der Waals surface area contributed by atoms with Gasteiger partial charge in [-0.15, -0.1) is 10.2 Å². The Morgan fingerprint density at radius 2 is 1.81 bits per heavy atom. The zero-order valence-corrected chi connectivity index (χ0v) is 15.8. The summed E-state index contributed by atoms with van der Waals surface area (Å²) in [7, 11) is 0. The summed E-state index contributed by atoms with van der Waals surface area (Å²) >= 11 is 0. The third-order valence-corrected chi connectivity index (χ3v) is 4.06. The lowest BCUT2D eigenvalue weighted by Gasteiger charge is -2.10. The molecule has 1 heterocycles. The number of aryl methyl sites for hydroxylation is 3. The van der Waals surface area contributed by atoms with Gasteiger partial charge in [0.1, 0.15) is 18.9 Å². The second-order valence-corrected chi connectivity index (χ2v) is 6.48. The highest BCUT2D eigenvalue weighted by Crippen LogP contribution is 2.18. The van der Waals surface area contributed by atoms with Crippen molar-refractivity contribution in [3.05, 3.63) is 59.2 Å². The number of benzene rings is 2. The van der Waals surface area contributed by atoms with Gasteiger partial charge < -0.3 is 10.1 Å². The number of rotatable bonds is 7. The molecule has 0 unspecified atom stereocenters.